The Bertz CT molecular complexity index is 2700. The lowest BCUT2D eigenvalue weighted by Crippen LogP contribution is -2.58. The number of hydrogen-bond donors (Lipinski definition) is 8. The van der Waals surface area contributed by atoms with Crippen LogP contribution in [0, 0.1) is 17.8 Å². The van der Waals surface area contributed by atoms with E-state index < -0.39 is 71.5 Å². The first-order chi connectivity index (χ1) is 37.7. The highest BCUT2D eigenvalue weighted by atomic mass is 16.6. The molecule has 79 heavy (non-hydrogen) atoms. The smallest absolute Gasteiger partial charge is 0.408 e. The van der Waals surface area contributed by atoms with Crippen LogP contribution in [-0.4, -0.2) is 119 Å². The quantitative estimate of drug-likeness (QED) is 0.0233. The molecule has 3 aromatic carbocycles. The zero-order valence-corrected chi connectivity index (χ0v) is 47.4. The van der Waals surface area contributed by atoms with Crippen LogP contribution >= 0.6 is 0 Å². The fraction of sp³-hybridized carbons (Fsp3) is 0.533. The van der Waals surface area contributed by atoms with Crippen LogP contribution < -0.4 is 37.2 Å². The predicted molar refractivity (Wildman–Crippen MR) is 303 cm³/mol. The molecule has 0 aliphatic carbocycles. The molecule has 1 aromatic heterocycles. The van der Waals surface area contributed by atoms with E-state index in [0.717, 1.165) is 41.9 Å². The van der Waals surface area contributed by atoms with Crippen LogP contribution in [0.25, 0.3) is 11.0 Å². The van der Waals surface area contributed by atoms with Crippen molar-refractivity contribution >= 4 is 52.8 Å². The average Bonchev–Trinajstić information content (AvgIpc) is 4.25. The lowest BCUT2D eigenvalue weighted by Gasteiger charge is -2.30. The number of nitrogens with zero attached hydrogens (tertiary/aromatic N) is 2. The topological polar surface area (TPSA) is 254 Å². The SMILES string of the molecule is CC(C)C[C@@H](/C=C/[C@H](Cc1ccccc1)C(=O)N1CCC[C@H]1C(=O)N[C@H](C(=O)N[C@@H](CCCNC(=O)OCc1ccccc1)C(=O)NCCCNC(=O)c1cccc2[nH]c([C@]3(C)CCCN3)nc12)C(C)C)NC(=O)OC(C)(C)C. The Morgan fingerprint density at radius 3 is 2.15 bits per heavy atom. The summed E-state index contributed by atoms with van der Waals surface area (Å²) in [7, 11) is 0. The van der Waals surface area contributed by atoms with Gasteiger partial charge in [-0.05, 0) is 127 Å². The van der Waals surface area contributed by atoms with Gasteiger partial charge >= 0.3 is 12.2 Å². The number of aromatic nitrogens is 2. The van der Waals surface area contributed by atoms with Crippen molar-refractivity contribution < 1.29 is 43.0 Å². The molecule has 6 rings (SSSR count). The van der Waals surface area contributed by atoms with E-state index >= 15 is 0 Å². The summed E-state index contributed by atoms with van der Waals surface area (Å²) in [5, 5.41) is 20.8. The number of fused-ring (bicyclic) bond motifs is 1. The van der Waals surface area contributed by atoms with Crippen LogP contribution in [-0.2, 0) is 47.2 Å². The summed E-state index contributed by atoms with van der Waals surface area (Å²) in [5.74, 6) is -2.22. The van der Waals surface area contributed by atoms with Gasteiger partial charge < -0.3 is 56.6 Å². The monoisotopic (exact) mass is 1090 g/mol. The number of ether oxygens (including phenoxy) is 2. The number of amides is 7. The maximum Gasteiger partial charge on any atom is 0.408 e. The van der Waals surface area contributed by atoms with Crippen LogP contribution in [0.1, 0.15) is 134 Å². The fourth-order valence-electron chi connectivity index (χ4n) is 9.92. The van der Waals surface area contributed by atoms with Gasteiger partial charge in [0.1, 0.15) is 41.7 Å². The van der Waals surface area contributed by atoms with Gasteiger partial charge in [-0.1, -0.05) is 107 Å². The van der Waals surface area contributed by atoms with E-state index in [2.05, 4.69) is 49.1 Å². The van der Waals surface area contributed by atoms with Gasteiger partial charge in [-0.15, -0.1) is 0 Å². The lowest BCUT2D eigenvalue weighted by molar-refractivity contribution is -0.141. The minimum Gasteiger partial charge on any atom is -0.445 e. The number of alkyl carbamates (subject to hydrolysis) is 2. The first kappa shape index (κ1) is 60.9. The molecule has 0 bridgehead atoms. The molecule has 428 valence electrons. The number of para-hydroxylation sites is 1. The minimum absolute atomic E-state index is 0.0827. The Morgan fingerprint density at radius 1 is 0.785 bits per heavy atom. The first-order valence-electron chi connectivity index (χ1n) is 28.1. The average molecular weight is 1090 g/mol. The van der Waals surface area contributed by atoms with Crippen LogP contribution in [0.15, 0.2) is 91.0 Å². The molecule has 19 nitrogen and oxygen atoms in total. The van der Waals surface area contributed by atoms with E-state index in [9.17, 15) is 33.6 Å². The first-order valence-corrected chi connectivity index (χ1v) is 28.1. The number of carbonyl (C=O) groups excluding carboxylic acids is 7. The summed E-state index contributed by atoms with van der Waals surface area (Å²) in [5.41, 5.74) is 2.54. The van der Waals surface area contributed by atoms with Crippen LogP contribution in [0.4, 0.5) is 9.59 Å². The van der Waals surface area contributed by atoms with Gasteiger partial charge in [0, 0.05) is 26.2 Å². The normalized spacial score (nSPS) is 17.9. The van der Waals surface area contributed by atoms with Gasteiger partial charge in [0.05, 0.1) is 28.6 Å². The zero-order chi connectivity index (χ0) is 57.1. The number of likely N-dealkylation sites (tertiary alicyclic amines) is 1. The van der Waals surface area contributed by atoms with Gasteiger partial charge in [0.15, 0.2) is 0 Å². The van der Waals surface area contributed by atoms with Crippen molar-refractivity contribution in [3.05, 3.63) is 114 Å². The maximum absolute atomic E-state index is 14.7. The summed E-state index contributed by atoms with van der Waals surface area (Å²) in [6.45, 7) is 17.0. The van der Waals surface area contributed by atoms with E-state index in [4.69, 9.17) is 14.5 Å². The van der Waals surface area contributed by atoms with E-state index in [-0.39, 0.29) is 62.4 Å². The summed E-state index contributed by atoms with van der Waals surface area (Å²) in [4.78, 5) is 106. The van der Waals surface area contributed by atoms with E-state index in [1.165, 1.54) is 0 Å². The van der Waals surface area contributed by atoms with E-state index in [1.54, 1.807) is 45.6 Å². The van der Waals surface area contributed by atoms with Crippen molar-refractivity contribution in [2.75, 3.05) is 32.7 Å². The molecule has 2 fully saturated rings. The molecule has 0 radical (unpaired) electrons. The molecular weight excluding hydrogens is 1000 g/mol. The molecule has 3 heterocycles. The molecule has 2 aliphatic heterocycles. The molecule has 0 saturated carbocycles. The summed E-state index contributed by atoms with van der Waals surface area (Å²) < 4.78 is 10.9. The largest absolute Gasteiger partial charge is 0.445 e. The number of nitrogens with one attached hydrogen (secondary N) is 8. The number of imidazole rings is 1. The van der Waals surface area contributed by atoms with Crippen LogP contribution in [0.2, 0.25) is 0 Å². The molecule has 0 spiro atoms. The maximum atomic E-state index is 14.7. The highest BCUT2D eigenvalue weighted by molar-refractivity contribution is 6.05. The molecule has 7 amide bonds. The van der Waals surface area contributed by atoms with Crippen molar-refractivity contribution in [3.8, 4) is 0 Å². The summed E-state index contributed by atoms with van der Waals surface area (Å²) >= 11 is 0. The third-order valence-electron chi connectivity index (χ3n) is 14.1. The molecule has 4 aromatic rings. The molecule has 6 atom stereocenters. The highest BCUT2D eigenvalue weighted by Gasteiger charge is 2.39. The molecule has 8 N–H and O–H groups in total. The molecule has 0 unspecified atom stereocenters. The number of benzene rings is 3. The van der Waals surface area contributed by atoms with Crippen LogP contribution in [0.5, 0.6) is 0 Å². The van der Waals surface area contributed by atoms with E-state index in [0.29, 0.717) is 49.7 Å². The standard InChI is InChI=1S/C60H84N10O9/c1-39(2)36-44(65-58(77)79-59(5,6)7)29-28-43(37-41-20-11-9-12-21-41)55(75)70-35-17-27-48(70)53(73)68-49(40(3)4)54(74)66-47(26-16-31-63-57(76)78-38-42-22-13-10-14-23-42)52(72)62-33-19-32-61-51(71)45-24-15-25-46-50(45)69-56(67-46)60(8)30-18-34-64-60/h9-15,20-25,28-29,39-40,43-44,47-49,64H,16-19,26-27,30-38H2,1-8H3,(H,61,71)(H,62,72)(H,63,76)(H,65,77)(H,66,74)(H,67,69)(H,68,73)/b29-28+/t43-,44-,47+,48+,49+,60+/m1/s1. The van der Waals surface area contributed by atoms with Gasteiger partial charge in [-0.2, -0.15) is 0 Å². The second-order valence-corrected chi connectivity index (χ2v) is 22.7. The Labute approximate surface area is 465 Å². The Morgan fingerprint density at radius 2 is 1.48 bits per heavy atom. The van der Waals surface area contributed by atoms with Gasteiger partial charge in [0.25, 0.3) is 5.91 Å². The highest BCUT2D eigenvalue weighted by Crippen LogP contribution is 2.31. The number of H-pyrrole nitrogens is 1. The fourth-order valence-corrected chi connectivity index (χ4v) is 9.92. The van der Waals surface area contributed by atoms with E-state index in [1.807, 2.05) is 98.8 Å². The number of hydrogen-bond acceptors (Lipinski definition) is 11. The second-order valence-electron chi connectivity index (χ2n) is 22.7. The van der Waals surface area contributed by atoms with Crippen molar-refractivity contribution in [1.29, 1.82) is 0 Å². The number of carbonyl (C=O) groups is 7. The minimum atomic E-state index is -1.08. The van der Waals surface area contributed by atoms with Crippen molar-refractivity contribution in [1.82, 2.24) is 52.1 Å². The molecule has 2 saturated heterocycles. The van der Waals surface area contributed by atoms with Crippen molar-refractivity contribution in [2.24, 2.45) is 17.8 Å². The van der Waals surface area contributed by atoms with Crippen molar-refractivity contribution in [3.63, 3.8) is 0 Å². The van der Waals surface area contributed by atoms with Crippen LogP contribution in [0.3, 0.4) is 0 Å². The lowest BCUT2D eigenvalue weighted by atomic mass is 9.94. The van der Waals surface area contributed by atoms with Gasteiger partial charge in [-0.25, -0.2) is 14.6 Å². The number of rotatable bonds is 26. The predicted octanol–water partition coefficient (Wildman–Crippen LogP) is 7.08. The Balaban J connectivity index is 1.09. The summed E-state index contributed by atoms with van der Waals surface area (Å²) in [6.07, 6.45) is 7.11. The van der Waals surface area contributed by atoms with Gasteiger partial charge in [0.2, 0.25) is 23.6 Å². The molecular formula is C60H84N10O9. The third-order valence-corrected chi connectivity index (χ3v) is 14.1. The van der Waals surface area contributed by atoms with Crippen molar-refractivity contribution in [2.45, 2.75) is 155 Å². The Hall–Kier alpha value is -7.28. The van der Waals surface area contributed by atoms with Gasteiger partial charge in [-0.3, -0.25) is 24.0 Å². The number of aromatic amines is 1. The summed E-state index contributed by atoms with van der Waals surface area (Å²) in [6, 6.07) is 20.9. The third kappa shape index (κ3) is 18.7. The molecule has 19 heteroatoms. The zero-order valence-electron chi connectivity index (χ0n) is 47.4. The Kier molecular flexibility index (Phi) is 22.4. The second kappa shape index (κ2) is 29.1. The molecule has 2 aliphatic rings.